The molecule has 0 spiro atoms. The molecule has 0 N–H and O–H groups in total. The molecule has 1 aromatic carbocycles. The first-order chi connectivity index (χ1) is 8.95. The van der Waals surface area contributed by atoms with Gasteiger partial charge >= 0.3 is 0 Å². The van der Waals surface area contributed by atoms with E-state index in [0.29, 0.717) is 17.9 Å². The Hall–Kier alpha value is -0.840. The zero-order valence-corrected chi connectivity index (χ0v) is 12.7. The number of allylic oxidation sites excluding steroid dienone is 1. The number of halogens is 1. The second-order valence-electron chi connectivity index (χ2n) is 4.40. The maximum atomic E-state index is 12.0. The topological polar surface area (TPSA) is 43.4 Å². The third-order valence-electron chi connectivity index (χ3n) is 2.64. The highest BCUT2D eigenvalue weighted by atomic mass is 35.5. The number of hydrogen-bond acceptors (Lipinski definition) is 3. The number of sulfone groups is 1. The molecule has 0 radical (unpaired) electrons. The SMILES string of the molecule is COCC(Cl)C/C(C)=C\CS(=O)(=O)c1ccccc1. The van der Waals surface area contributed by atoms with Gasteiger partial charge < -0.3 is 4.74 Å². The summed E-state index contributed by atoms with van der Waals surface area (Å²) in [6.45, 7) is 2.34. The Morgan fingerprint density at radius 1 is 1.37 bits per heavy atom. The van der Waals surface area contributed by atoms with Crippen molar-refractivity contribution in [2.75, 3.05) is 19.5 Å². The van der Waals surface area contributed by atoms with Crippen LogP contribution in [0.15, 0.2) is 46.9 Å². The first-order valence-electron chi connectivity index (χ1n) is 6.02. The highest BCUT2D eigenvalue weighted by Crippen LogP contribution is 2.14. The summed E-state index contributed by atoms with van der Waals surface area (Å²) in [6.07, 6.45) is 2.34. The molecule has 0 saturated carbocycles. The average Bonchev–Trinajstić information content (AvgIpc) is 2.38. The molecular weight excluding hydrogens is 284 g/mol. The van der Waals surface area contributed by atoms with E-state index in [1.165, 1.54) is 0 Å². The van der Waals surface area contributed by atoms with Crippen molar-refractivity contribution in [2.24, 2.45) is 0 Å². The molecule has 1 atom stereocenters. The van der Waals surface area contributed by atoms with E-state index in [1.54, 1.807) is 43.5 Å². The summed E-state index contributed by atoms with van der Waals surface area (Å²) in [4.78, 5) is 0.346. The highest BCUT2D eigenvalue weighted by molar-refractivity contribution is 7.91. The molecule has 1 aromatic rings. The van der Waals surface area contributed by atoms with E-state index in [9.17, 15) is 8.42 Å². The maximum absolute atomic E-state index is 12.0. The first kappa shape index (κ1) is 16.2. The molecule has 0 amide bonds. The van der Waals surface area contributed by atoms with Crippen molar-refractivity contribution in [2.45, 2.75) is 23.6 Å². The van der Waals surface area contributed by atoms with Crippen molar-refractivity contribution < 1.29 is 13.2 Å². The average molecular weight is 303 g/mol. The Kier molecular flexibility index (Phi) is 6.55. The van der Waals surface area contributed by atoms with E-state index >= 15 is 0 Å². The van der Waals surface area contributed by atoms with Gasteiger partial charge in [0, 0.05) is 7.11 Å². The van der Waals surface area contributed by atoms with Crippen molar-refractivity contribution >= 4 is 21.4 Å². The van der Waals surface area contributed by atoms with Gasteiger partial charge in [0.05, 0.1) is 22.6 Å². The largest absolute Gasteiger partial charge is 0.383 e. The fourth-order valence-electron chi connectivity index (χ4n) is 1.65. The van der Waals surface area contributed by atoms with E-state index in [0.717, 1.165) is 5.57 Å². The van der Waals surface area contributed by atoms with E-state index in [-0.39, 0.29) is 11.1 Å². The van der Waals surface area contributed by atoms with Crippen LogP contribution in [0.3, 0.4) is 0 Å². The number of alkyl halides is 1. The lowest BCUT2D eigenvalue weighted by Crippen LogP contribution is -2.09. The van der Waals surface area contributed by atoms with Gasteiger partial charge in [0.1, 0.15) is 0 Å². The molecule has 0 heterocycles. The van der Waals surface area contributed by atoms with Gasteiger partial charge in [-0.3, -0.25) is 0 Å². The molecule has 0 aromatic heterocycles. The third kappa shape index (κ3) is 5.76. The molecule has 106 valence electrons. The molecule has 3 nitrogen and oxygen atoms in total. The van der Waals surface area contributed by atoms with Crippen molar-refractivity contribution in [1.29, 1.82) is 0 Å². The van der Waals surface area contributed by atoms with Gasteiger partial charge in [-0.2, -0.15) is 0 Å². The minimum absolute atomic E-state index is 0.000558. The molecule has 5 heteroatoms. The standard InChI is InChI=1S/C14H19ClO3S/c1-12(10-13(15)11-18-2)8-9-19(16,17)14-6-4-3-5-7-14/h3-8,13H,9-11H2,1-2H3/b12-8-. The van der Waals surface area contributed by atoms with E-state index in [1.807, 2.05) is 6.92 Å². The normalized spacial score (nSPS) is 14.4. The molecule has 1 unspecified atom stereocenters. The highest BCUT2D eigenvalue weighted by Gasteiger charge is 2.12. The Labute approximate surface area is 120 Å². The second kappa shape index (κ2) is 7.68. The zero-order chi connectivity index (χ0) is 14.3. The van der Waals surface area contributed by atoms with Gasteiger partial charge in [0.2, 0.25) is 0 Å². The molecule has 0 saturated heterocycles. The van der Waals surface area contributed by atoms with Crippen molar-refractivity contribution in [3.8, 4) is 0 Å². The predicted octanol–water partition coefficient (Wildman–Crippen LogP) is 3.05. The summed E-state index contributed by atoms with van der Waals surface area (Å²) in [7, 11) is -1.66. The number of hydrogen-bond donors (Lipinski definition) is 0. The van der Waals surface area contributed by atoms with Crippen molar-refractivity contribution in [1.82, 2.24) is 0 Å². The van der Waals surface area contributed by atoms with Gasteiger partial charge in [-0.1, -0.05) is 29.8 Å². The lowest BCUT2D eigenvalue weighted by Gasteiger charge is -2.08. The fraction of sp³-hybridized carbons (Fsp3) is 0.429. The Morgan fingerprint density at radius 3 is 2.58 bits per heavy atom. The van der Waals surface area contributed by atoms with Crippen LogP contribution >= 0.6 is 11.6 Å². The lowest BCUT2D eigenvalue weighted by molar-refractivity contribution is 0.197. The van der Waals surface area contributed by atoms with Crippen LogP contribution in [0.5, 0.6) is 0 Å². The number of ether oxygens (including phenoxy) is 1. The van der Waals surface area contributed by atoms with Crippen molar-refractivity contribution in [3.63, 3.8) is 0 Å². The second-order valence-corrected chi connectivity index (χ2v) is 7.05. The fourth-order valence-corrected chi connectivity index (χ4v) is 3.29. The van der Waals surface area contributed by atoms with Gasteiger partial charge in [-0.15, -0.1) is 11.6 Å². The van der Waals surface area contributed by atoms with E-state index in [2.05, 4.69) is 0 Å². The zero-order valence-electron chi connectivity index (χ0n) is 11.2. The van der Waals surface area contributed by atoms with Crippen LogP contribution in [0, 0.1) is 0 Å². The molecule has 1 rings (SSSR count). The summed E-state index contributed by atoms with van der Waals surface area (Å²) in [6, 6.07) is 8.44. The van der Waals surface area contributed by atoms with E-state index < -0.39 is 9.84 Å². The predicted molar refractivity (Wildman–Crippen MR) is 78.4 cm³/mol. The maximum Gasteiger partial charge on any atom is 0.181 e. The van der Waals surface area contributed by atoms with Crippen LogP contribution in [0.1, 0.15) is 13.3 Å². The van der Waals surface area contributed by atoms with Crippen LogP contribution < -0.4 is 0 Å². The first-order valence-corrected chi connectivity index (χ1v) is 8.11. The third-order valence-corrected chi connectivity index (χ3v) is 4.52. The number of benzene rings is 1. The summed E-state index contributed by atoms with van der Waals surface area (Å²) in [5.41, 5.74) is 0.955. The monoisotopic (exact) mass is 302 g/mol. The van der Waals surface area contributed by atoms with Crippen LogP contribution in [0.4, 0.5) is 0 Å². The summed E-state index contributed by atoms with van der Waals surface area (Å²) < 4.78 is 29.0. The molecular formula is C14H19ClO3S. The molecule has 0 aliphatic carbocycles. The quantitative estimate of drug-likeness (QED) is 0.574. The summed E-state index contributed by atoms with van der Waals surface area (Å²) in [5, 5.41) is -0.124. The Bertz CT molecular complexity index is 509. The molecule has 0 aliphatic rings. The van der Waals surface area contributed by atoms with Gasteiger partial charge in [-0.25, -0.2) is 8.42 Å². The van der Waals surface area contributed by atoms with Gasteiger partial charge in [-0.05, 0) is 25.5 Å². The summed E-state index contributed by atoms with van der Waals surface area (Å²) >= 11 is 6.03. The molecule has 0 fully saturated rings. The smallest absolute Gasteiger partial charge is 0.181 e. The van der Waals surface area contributed by atoms with Gasteiger partial charge in [0.25, 0.3) is 0 Å². The number of rotatable bonds is 7. The van der Waals surface area contributed by atoms with Crippen LogP contribution in [-0.4, -0.2) is 33.3 Å². The minimum atomic E-state index is -3.25. The molecule has 0 aliphatic heterocycles. The van der Waals surface area contributed by atoms with E-state index in [4.69, 9.17) is 16.3 Å². The Balaban J connectivity index is 2.65. The van der Waals surface area contributed by atoms with Gasteiger partial charge in [0.15, 0.2) is 9.84 Å². The number of methoxy groups -OCH3 is 1. The molecule has 19 heavy (non-hydrogen) atoms. The molecule has 0 bridgehead atoms. The van der Waals surface area contributed by atoms with Crippen molar-refractivity contribution in [3.05, 3.63) is 42.0 Å². The van der Waals surface area contributed by atoms with Crippen LogP contribution in [0.2, 0.25) is 0 Å². The van der Waals surface area contributed by atoms with Crippen LogP contribution in [-0.2, 0) is 14.6 Å². The summed E-state index contributed by atoms with van der Waals surface area (Å²) in [5.74, 6) is -0.000558. The Morgan fingerprint density at radius 2 is 2.00 bits per heavy atom. The van der Waals surface area contributed by atoms with Crippen LogP contribution in [0.25, 0.3) is 0 Å². The lowest BCUT2D eigenvalue weighted by atomic mass is 10.1. The minimum Gasteiger partial charge on any atom is -0.383 e.